The summed E-state index contributed by atoms with van der Waals surface area (Å²) in [5.41, 5.74) is 0. The largest absolute Gasteiger partial charge is 0.539 e. The number of benzene rings is 3. The Morgan fingerprint density at radius 1 is 0.824 bits per heavy atom. The maximum Gasteiger partial charge on any atom is 0.504 e. The second-order valence-corrected chi connectivity index (χ2v) is 3.94. The average molecular weight is 222 g/mol. The van der Waals surface area contributed by atoms with Crippen molar-refractivity contribution in [3.63, 3.8) is 0 Å². The number of hydrogen-bond acceptors (Lipinski definition) is 2. The summed E-state index contributed by atoms with van der Waals surface area (Å²) in [5.74, 6) is 0.690. The molecule has 0 aliphatic rings. The standard InChI is InChI=1S/C14H11BO2/c16-15-17-12-7-8-14-11(9-12)6-5-10-3-1-2-4-13(10)14/h1-9,15-16H. The lowest BCUT2D eigenvalue weighted by molar-refractivity contribution is 0.454. The van der Waals surface area contributed by atoms with Crippen molar-refractivity contribution in [1.82, 2.24) is 0 Å². The Morgan fingerprint density at radius 2 is 1.59 bits per heavy atom. The van der Waals surface area contributed by atoms with Gasteiger partial charge in [-0.25, -0.2) is 0 Å². The molecule has 82 valence electrons. The van der Waals surface area contributed by atoms with Crippen molar-refractivity contribution in [2.75, 3.05) is 0 Å². The molecule has 0 spiro atoms. The molecule has 3 aromatic carbocycles. The Hall–Kier alpha value is -2.00. The Balaban J connectivity index is 2.29. The molecule has 0 aromatic heterocycles. The van der Waals surface area contributed by atoms with Gasteiger partial charge >= 0.3 is 7.69 Å². The molecule has 0 saturated heterocycles. The minimum Gasteiger partial charge on any atom is -0.539 e. The van der Waals surface area contributed by atoms with E-state index in [4.69, 9.17) is 9.68 Å². The van der Waals surface area contributed by atoms with E-state index in [1.165, 1.54) is 16.2 Å². The molecule has 0 amide bonds. The quantitative estimate of drug-likeness (QED) is 0.533. The summed E-state index contributed by atoms with van der Waals surface area (Å²) in [6.07, 6.45) is 0. The van der Waals surface area contributed by atoms with Crippen LogP contribution in [0.5, 0.6) is 5.75 Å². The Labute approximate surface area is 99.8 Å². The SMILES string of the molecule is OBOc1ccc2c(ccc3ccccc32)c1. The van der Waals surface area contributed by atoms with Gasteiger partial charge in [0.2, 0.25) is 0 Å². The molecule has 2 nitrogen and oxygen atoms in total. The van der Waals surface area contributed by atoms with Crippen molar-refractivity contribution in [3.05, 3.63) is 54.6 Å². The maximum absolute atomic E-state index is 8.74. The fraction of sp³-hybridized carbons (Fsp3) is 0. The van der Waals surface area contributed by atoms with Gasteiger partial charge < -0.3 is 9.68 Å². The normalized spacial score (nSPS) is 10.6. The molecule has 0 heterocycles. The van der Waals surface area contributed by atoms with Gasteiger partial charge in [0, 0.05) is 0 Å². The van der Waals surface area contributed by atoms with Crippen LogP contribution < -0.4 is 4.65 Å². The fourth-order valence-electron chi connectivity index (χ4n) is 2.16. The highest BCUT2D eigenvalue weighted by Gasteiger charge is 2.01. The van der Waals surface area contributed by atoms with Crippen molar-refractivity contribution in [2.45, 2.75) is 0 Å². The van der Waals surface area contributed by atoms with Gasteiger partial charge in [0.25, 0.3) is 0 Å². The van der Waals surface area contributed by atoms with E-state index in [-0.39, 0.29) is 7.69 Å². The van der Waals surface area contributed by atoms with Gasteiger partial charge in [-0.15, -0.1) is 0 Å². The summed E-state index contributed by atoms with van der Waals surface area (Å²) in [6.45, 7) is 0. The lowest BCUT2D eigenvalue weighted by atomic mass is 10.0. The first kappa shape index (κ1) is 10.2. The first-order chi connectivity index (χ1) is 8.38. The summed E-state index contributed by atoms with van der Waals surface area (Å²) in [4.78, 5) is 0. The van der Waals surface area contributed by atoms with Gasteiger partial charge in [-0.3, -0.25) is 0 Å². The zero-order valence-corrected chi connectivity index (χ0v) is 9.26. The van der Waals surface area contributed by atoms with Crippen LogP contribution in [-0.2, 0) is 0 Å². The minimum absolute atomic E-state index is 0.293. The van der Waals surface area contributed by atoms with E-state index in [0.717, 1.165) is 5.39 Å². The molecule has 0 aliphatic carbocycles. The van der Waals surface area contributed by atoms with E-state index in [1.54, 1.807) is 0 Å². The molecule has 1 N–H and O–H groups in total. The second kappa shape index (κ2) is 4.11. The molecule has 3 heteroatoms. The van der Waals surface area contributed by atoms with Gasteiger partial charge in [0.15, 0.2) is 0 Å². The highest BCUT2D eigenvalue weighted by Crippen LogP contribution is 2.27. The number of rotatable bonds is 2. The van der Waals surface area contributed by atoms with Crippen molar-refractivity contribution >= 4 is 29.2 Å². The molecule has 3 rings (SSSR count). The third-order valence-electron chi connectivity index (χ3n) is 2.95. The lowest BCUT2D eigenvalue weighted by Gasteiger charge is -2.06. The van der Waals surface area contributed by atoms with Crippen LogP contribution in [0, 0.1) is 0 Å². The molecule has 0 radical (unpaired) electrons. The molecule has 0 bridgehead atoms. The average Bonchev–Trinajstić information content (AvgIpc) is 2.39. The van der Waals surface area contributed by atoms with Crippen molar-refractivity contribution < 1.29 is 9.68 Å². The molecule has 17 heavy (non-hydrogen) atoms. The predicted molar refractivity (Wildman–Crippen MR) is 71.4 cm³/mol. The van der Waals surface area contributed by atoms with Crippen LogP contribution in [0.2, 0.25) is 0 Å². The van der Waals surface area contributed by atoms with E-state index < -0.39 is 0 Å². The third kappa shape index (κ3) is 1.75. The number of fused-ring (bicyclic) bond motifs is 3. The Bertz CT molecular complexity index is 679. The monoisotopic (exact) mass is 222 g/mol. The summed E-state index contributed by atoms with van der Waals surface area (Å²) < 4.78 is 5.08. The van der Waals surface area contributed by atoms with Gasteiger partial charge in [-0.05, 0) is 33.7 Å². The van der Waals surface area contributed by atoms with Crippen molar-refractivity contribution in [3.8, 4) is 5.75 Å². The fourth-order valence-corrected chi connectivity index (χ4v) is 2.16. The topological polar surface area (TPSA) is 29.5 Å². The summed E-state index contributed by atoms with van der Waals surface area (Å²) in [6, 6.07) is 18.3. The van der Waals surface area contributed by atoms with Crippen LogP contribution in [0.25, 0.3) is 21.5 Å². The summed E-state index contributed by atoms with van der Waals surface area (Å²) in [7, 11) is -0.293. The van der Waals surface area contributed by atoms with Crippen LogP contribution in [0.3, 0.4) is 0 Å². The second-order valence-electron chi connectivity index (χ2n) is 3.94. The van der Waals surface area contributed by atoms with Gasteiger partial charge in [-0.2, -0.15) is 0 Å². The van der Waals surface area contributed by atoms with Gasteiger partial charge in [0.1, 0.15) is 5.75 Å². The van der Waals surface area contributed by atoms with Crippen LogP contribution in [0.4, 0.5) is 0 Å². The van der Waals surface area contributed by atoms with Crippen LogP contribution in [0.15, 0.2) is 54.6 Å². The first-order valence-electron chi connectivity index (χ1n) is 5.54. The molecule has 0 unspecified atom stereocenters. The molecular formula is C14H11BO2. The molecule has 0 aliphatic heterocycles. The van der Waals surface area contributed by atoms with E-state index in [1.807, 2.05) is 30.3 Å². The van der Waals surface area contributed by atoms with Crippen molar-refractivity contribution in [1.29, 1.82) is 0 Å². The zero-order chi connectivity index (χ0) is 11.7. The lowest BCUT2D eigenvalue weighted by Crippen LogP contribution is -1.99. The first-order valence-corrected chi connectivity index (χ1v) is 5.54. The molecule has 3 aromatic rings. The van der Waals surface area contributed by atoms with E-state index in [0.29, 0.717) is 5.75 Å². The highest BCUT2D eigenvalue weighted by atomic mass is 16.5. The van der Waals surface area contributed by atoms with Crippen LogP contribution in [0.1, 0.15) is 0 Å². The van der Waals surface area contributed by atoms with Crippen LogP contribution >= 0.6 is 0 Å². The third-order valence-corrected chi connectivity index (χ3v) is 2.95. The van der Waals surface area contributed by atoms with Gasteiger partial charge in [-0.1, -0.05) is 42.5 Å². The Morgan fingerprint density at radius 3 is 2.47 bits per heavy atom. The smallest absolute Gasteiger partial charge is 0.504 e. The summed E-state index contributed by atoms with van der Waals surface area (Å²) >= 11 is 0. The predicted octanol–water partition coefficient (Wildman–Crippen LogP) is 2.63. The van der Waals surface area contributed by atoms with Crippen LogP contribution in [-0.4, -0.2) is 12.7 Å². The van der Waals surface area contributed by atoms with Crippen molar-refractivity contribution in [2.24, 2.45) is 0 Å². The van der Waals surface area contributed by atoms with E-state index >= 15 is 0 Å². The van der Waals surface area contributed by atoms with E-state index in [9.17, 15) is 0 Å². The Kier molecular flexibility index (Phi) is 2.46. The molecule has 0 atom stereocenters. The van der Waals surface area contributed by atoms with E-state index in [2.05, 4.69) is 24.3 Å². The molecule has 0 saturated carbocycles. The highest BCUT2D eigenvalue weighted by molar-refractivity contribution is 6.17. The molecular weight excluding hydrogens is 211 g/mol. The zero-order valence-electron chi connectivity index (χ0n) is 9.26. The minimum atomic E-state index is -0.293. The number of hydrogen-bond donors (Lipinski definition) is 1. The molecule has 0 fully saturated rings. The van der Waals surface area contributed by atoms with Gasteiger partial charge in [0.05, 0.1) is 0 Å². The maximum atomic E-state index is 8.74. The summed E-state index contributed by atoms with van der Waals surface area (Å²) in [5, 5.41) is 13.5.